The minimum absolute atomic E-state index is 0.0308. The first-order chi connectivity index (χ1) is 14.5. The molecule has 4 amide bonds. The highest BCUT2D eigenvalue weighted by molar-refractivity contribution is 6.07. The molecule has 2 heterocycles. The molecule has 1 spiro atoms. The number of hydrogen-bond acceptors (Lipinski definition) is 4. The summed E-state index contributed by atoms with van der Waals surface area (Å²) in [6.45, 7) is 1.65. The quantitative estimate of drug-likeness (QED) is 0.727. The van der Waals surface area contributed by atoms with Crippen molar-refractivity contribution in [3.8, 4) is 5.75 Å². The van der Waals surface area contributed by atoms with E-state index in [1.54, 1.807) is 7.11 Å². The SMILES string of the molecule is COc1ccc(CCC2CCN(C(=O)C3CCC4(CC3)NC(=O)NC4=O)CC2)cc1. The lowest BCUT2D eigenvalue weighted by Gasteiger charge is -2.38. The molecule has 4 rings (SSSR count). The van der Waals surface area contributed by atoms with Crippen molar-refractivity contribution >= 4 is 17.8 Å². The van der Waals surface area contributed by atoms with E-state index in [0.29, 0.717) is 31.6 Å². The fourth-order valence-electron chi connectivity index (χ4n) is 5.10. The van der Waals surface area contributed by atoms with Gasteiger partial charge in [-0.1, -0.05) is 12.1 Å². The fraction of sp³-hybridized carbons (Fsp3) is 0.609. The van der Waals surface area contributed by atoms with Crippen LogP contribution in [0.3, 0.4) is 0 Å². The largest absolute Gasteiger partial charge is 0.497 e. The molecular weight excluding hydrogens is 382 g/mol. The number of amides is 4. The van der Waals surface area contributed by atoms with Crippen LogP contribution in [0.2, 0.25) is 0 Å². The molecule has 0 radical (unpaired) electrons. The van der Waals surface area contributed by atoms with Crippen LogP contribution >= 0.6 is 0 Å². The van der Waals surface area contributed by atoms with Crippen molar-refractivity contribution in [2.24, 2.45) is 11.8 Å². The molecule has 0 aromatic heterocycles. The Morgan fingerprint density at radius 2 is 1.77 bits per heavy atom. The van der Waals surface area contributed by atoms with Gasteiger partial charge in [-0.15, -0.1) is 0 Å². The van der Waals surface area contributed by atoms with Gasteiger partial charge in [0.2, 0.25) is 5.91 Å². The van der Waals surface area contributed by atoms with E-state index in [4.69, 9.17) is 4.74 Å². The van der Waals surface area contributed by atoms with Gasteiger partial charge in [-0.25, -0.2) is 4.79 Å². The third kappa shape index (κ3) is 4.30. The van der Waals surface area contributed by atoms with E-state index in [1.807, 2.05) is 17.0 Å². The molecule has 0 unspecified atom stereocenters. The Morgan fingerprint density at radius 1 is 1.10 bits per heavy atom. The third-order valence-corrected chi connectivity index (χ3v) is 7.13. The zero-order valence-corrected chi connectivity index (χ0v) is 17.6. The molecule has 30 heavy (non-hydrogen) atoms. The normalized spacial score (nSPS) is 27.1. The van der Waals surface area contributed by atoms with Crippen LogP contribution in [0.25, 0.3) is 0 Å². The van der Waals surface area contributed by atoms with Crippen LogP contribution in [-0.2, 0) is 16.0 Å². The zero-order chi connectivity index (χ0) is 21.1. The highest BCUT2D eigenvalue weighted by Gasteiger charge is 2.49. The lowest BCUT2D eigenvalue weighted by atomic mass is 9.76. The van der Waals surface area contributed by atoms with Gasteiger partial charge < -0.3 is 15.0 Å². The molecule has 3 fully saturated rings. The Kier molecular flexibility index (Phi) is 5.97. The first-order valence-corrected chi connectivity index (χ1v) is 11.0. The number of likely N-dealkylation sites (tertiary alicyclic amines) is 1. The fourth-order valence-corrected chi connectivity index (χ4v) is 5.10. The summed E-state index contributed by atoms with van der Waals surface area (Å²) in [5.41, 5.74) is 0.538. The van der Waals surface area contributed by atoms with Crippen molar-refractivity contribution in [1.82, 2.24) is 15.5 Å². The number of nitrogens with one attached hydrogen (secondary N) is 2. The standard InChI is InChI=1S/C23H31N3O4/c1-30-19-6-4-16(5-7-19)2-3-17-10-14-26(15-11-17)20(27)18-8-12-23(13-9-18)21(28)24-22(29)25-23/h4-7,17-18H,2-3,8-15H2,1H3,(H2,24,25,28,29). The predicted molar refractivity (Wildman–Crippen MR) is 112 cm³/mol. The second-order valence-electron chi connectivity index (χ2n) is 8.92. The first-order valence-electron chi connectivity index (χ1n) is 11.0. The van der Waals surface area contributed by atoms with Gasteiger partial charge >= 0.3 is 6.03 Å². The number of urea groups is 1. The molecule has 7 heteroatoms. The molecule has 162 valence electrons. The van der Waals surface area contributed by atoms with Crippen LogP contribution in [-0.4, -0.2) is 48.5 Å². The van der Waals surface area contributed by atoms with Crippen molar-refractivity contribution in [2.45, 2.75) is 56.9 Å². The molecule has 7 nitrogen and oxygen atoms in total. The summed E-state index contributed by atoms with van der Waals surface area (Å²) >= 11 is 0. The molecule has 2 N–H and O–H groups in total. The average Bonchev–Trinajstić information content (AvgIpc) is 3.05. The van der Waals surface area contributed by atoms with Gasteiger partial charge in [-0.05, 0) is 75.0 Å². The molecule has 2 aliphatic heterocycles. The molecule has 2 saturated heterocycles. The molecule has 3 aliphatic rings. The maximum absolute atomic E-state index is 13.0. The highest BCUT2D eigenvalue weighted by Crippen LogP contribution is 2.36. The summed E-state index contributed by atoms with van der Waals surface area (Å²) in [7, 11) is 1.68. The van der Waals surface area contributed by atoms with Gasteiger partial charge in [-0.2, -0.15) is 0 Å². The Labute approximate surface area is 177 Å². The average molecular weight is 414 g/mol. The second kappa shape index (κ2) is 8.66. The van der Waals surface area contributed by atoms with E-state index in [2.05, 4.69) is 22.8 Å². The van der Waals surface area contributed by atoms with E-state index in [1.165, 1.54) is 5.56 Å². The number of rotatable bonds is 5. The van der Waals surface area contributed by atoms with Crippen LogP contribution in [0.5, 0.6) is 5.75 Å². The molecule has 0 atom stereocenters. The topological polar surface area (TPSA) is 87.7 Å². The monoisotopic (exact) mass is 413 g/mol. The molecular formula is C23H31N3O4. The lowest BCUT2D eigenvalue weighted by molar-refractivity contribution is -0.139. The second-order valence-corrected chi connectivity index (χ2v) is 8.92. The number of ether oxygens (including phenoxy) is 1. The minimum Gasteiger partial charge on any atom is -0.497 e. The van der Waals surface area contributed by atoms with Gasteiger partial charge in [0.25, 0.3) is 5.91 Å². The van der Waals surface area contributed by atoms with Crippen LogP contribution in [0.4, 0.5) is 4.79 Å². The summed E-state index contributed by atoms with van der Waals surface area (Å²) in [4.78, 5) is 38.5. The number of imide groups is 1. The summed E-state index contributed by atoms with van der Waals surface area (Å²) in [6, 6.07) is 7.85. The maximum Gasteiger partial charge on any atom is 0.322 e. The van der Waals surface area contributed by atoms with Gasteiger partial charge in [0, 0.05) is 19.0 Å². The van der Waals surface area contributed by atoms with Gasteiger partial charge in [-0.3, -0.25) is 14.9 Å². The number of benzene rings is 1. The van der Waals surface area contributed by atoms with Crippen molar-refractivity contribution in [3.05, 3.63) is 29.8 Å². The van der Waals surface area contributed by atoms with Crippen LogP contribution in [0.1, 0.15) is 50.5 Å². The van der Waals surface area contributed by atoms with Crippen LogP contribution in [0, 0.1) is 11.8 Å². The van der Waals surface area contributed by atoms with E-state index in [0.717, 1.165) is 44.5 Å². The number of aryl methyl sites for hydroxylation is 1. The van der Waals surface area contributed by atoms with Crippen molar-refractivity contribution in [2.75, 3.05) is 20.2 Å². The maximum atomic E-state index is 13.0. The number of carbonyl (C=O) groups is 3. The Balaban J connectivity index is 1.21. The van der Waals surface area contributed by atoms with E-state index in [-0.39, 0.29) is 17.7 Å². The Hall–Kier alpha value is -2.57. The number of hydrogen-bond donors (Lipinski definition) is 2. The number of piperidine rings is 1. The summed E-state index contributed by atoms with van der Waals surface area (Å²) in [5.74, 6) is 1.49. The molecule has 0 bridgehead atoms. The van der Waals surface area contributed by atoms with Gasteiger partial charge in [0.05, 0.1) is 7.11 Å². The first kappa shape index (κ1) is 20.7. The summed E-state index contributed by atoms with van der Waals surface area (Å²) in [6.07, 6.45) is 6.71. The molecule has 1 aromatic carbocycles. The van der Waals surface area contributed by atoms with Crippen LogP contribution in [0.15, 0.2) is 24.3 Å². The van der Waals surface area contributed by atoms with Gasteiger partial charge in [0.1, 0.15) is 11.3 Å². The highest BCUT2D eigenvalue weighted by atomic mass is 16.5. The Morgan fingerprint density at radius 3 is 2.33 bits per heavy atom. The number of methoxy groups -OCH3 is 1. The van der Waals surface area contributed by atoms with E-state index in [9.17, 15) is 14.4 Å². The van der Waals surface area contributed by atoms with Gasteiger partial charge in [0.15, 0.2) is 0 Å². The van der Waals surface area contributed by atoms with Crippen molar-refractivity contribution in [3.63, 3.8) is 0 Å². The molecule has 1 aromatic rings. The number of nitrogens with zero attached hydrogens (tertiary/aromatic N) is 1. The summed E-state index contributed by atoms with van der Waals surface area (Å²) in [5, 5.41) is 5.09. The predicted octanol–water partition coefficient (Wildman–Crippen LogP) is 2.63. The smallest absolute Gasteiger partial charge is 0.322 e. The van der Waals surface area contributed by atoms with Crippen LogP contribution < -0.4 is 15.4 Å². The Bertz CT molecular complexity index is 791. The van der Waals surface area contributed by atoms with Crippen molar-refractivity contribution < 1.29 is 19.1 Å². The van der Waals surface area contributed by atoms with Crippen molar-refractivity contribution in [1.29, 1.82) is 0 Å². The third-order valence-electron chi connectivity index (χ3n) is 7.13. The summed E-state index contributed by atoms with van der Waals surface area (Å²) < 4.78 is 5.21. The van der Waals surface area contributed by atoms with E-state index >= 15 is 0 Å². The van der Waals surface area contributed by atoms with E-state index < -0.39 is 11.6 Å². The minimum atomic E-state index is -0.789. The number of carbonyl (C=O) groups excluding carboxylic acids is 3. The molecule has 1 aliphatic carbocycles. The molecule has 1 saturated carbocycles. The lowest BCUT2D eigenvalue weighted by Crippen LogP contribution is -2.51. The zero-order valence-electron chi connectivity index (χ0n) is 17.6.